The number of benzene rings is 1. The summed E-state index contributed by atoms with van der Waals surface area (Å²) in [6.07, 6.45) is 2.50. The van der Waals surface area contributed by atoms with E-state index in [0.29, 0.717) is 6.54 Å². The second-order valence-electron chi connectivity index (χ2n) is 5.60. The van der Waals surface area contributed by atoms with Crippen molar-refractivity contribution in [3.63, 3.8) is 0 Å². The minimum atomic E-state index is 0.0223. The molecule has 1 aliphatic heterocycles. The Balaban J connectivity index is 1.78. The molecule has 0 spiro atoms. The molecule has 0 bridgehead atoms. The summed E-state index contributed by atoms with van der Waals surface area (Å²) in [4.78, 5) is 14.4. The first-order valence-corrected chi connectivity index (χ1v) is 7.38. The number of amides is 1. The highest BCUT2D eigenvalue weighted by molar-refractivity contribution is 5.78. The Morgan fingerprint density at radius 3 is 2.75 bits per heavy atom. The van der Waals surface area contributed by atoms with Crippen LogP contribution in [0, 0.1) is 5.92 Å². The number of likely N-dealkylation sites (tertiary alicyclic amines) is 1. The zero-order valence-electron chi connectivity index (χ0n) is 12.1. The Morgan fingerprint density at radius 1 is 1.35 bits per heavy atom. The van der Waals surface area contributed by atoms with Crippen LogP contribution in [-0.2, 0) is 17.9 Å². The van der Waals surface area contributed by atoms with E-state index in [1.54, 1.807) is 0 Å². The van der Waals surface area contributed by atoms with Crippen LogP contribution in [0.1, 0.15) is 30.9 Å². The molecular weight excluding hydrogens is 252 g/mol. The van der Waals surface area contributed by atoms with Crippen molar-refractivity contribution in [2.24, 2.45) is 5.92 Å². The average molecular weight is 276 g/mol. The van der Waals surface area contributed by atoms with Crippen LogP contribution in [0.15, 0.2) is 24.3 Å². The molecule has 1 atom stereocenters. The molecule has 1 saturated heterocycles. The van der Waals surface area contributed by atoms with Crippen LogP contribution in [0.3, 0.4) is 0 Å². The number of nitrogens with one attached hydrogen (secondary N) is 1. The Labute approximate surface area is 120 Å². The summed E-state index contributed by atoms with van der Waals surface area (Å²) in [5, 5.41) is 12.1. The molecule has 1 aliphatic rings. The second kappa shape index (κ2) is 7.41. The molecule has 1 unspecified atom stereocenters. The van der Waals surface area contributed by atoms with Gasteiger partial charge < -0.3 is 15.3 Å². The Bertz CT molecular complexity index is 442. The quantitative estimate of drug-likeness (QED) is 0.828. The molecule has 1 heterocycles. The fourth-order valence-electron chi connectivity index (χ4n) is 2.64. The highest BCUT2D eigenvalue weighted by Gasteiger charge is 2.19. The predicted molar refractivity (Wildman–Crippen MR) is 79.0 cm³/mol. The Kier molecular flexibility index (Phi) is 5.56. The van der Waals surface area contributed by atoms with Crippen molar-refractivity contribution in [2.75, 3.05) is 19.6 Å². The standard InChI is InChI=1S/C16H24N2O2/c1-13(11-18-7-2-3-8-18)16(20)17-10-14-5-4-6-15(9-14)12-19/h4-6,9,13,19H,2-3,7-8,10-12H2,1H3,(H,17,20). The van der Waals surface area contributed by atoms with Gasteiger partial charge in [0.25, 0.3) is 0 Å². The summed E-state index contributed by atoms with van der Waals surface area (Å²) in [6, 6.07) is 7.66. The third-order valence-corrected chi connectivity index (χ3v) is 3.82. The maximum Gasteiger partial charge on any atom is 0.224 e. The van der Waals surface area contributed by atoms with Crippen molar-refractivity contribution in [1.82, 2.24) is 10.2 Å². The van der Waals surface area contributed by atoms with Crippen LogP contribution >= 0.6 is 0 Å². The number of hydrogen-bond donors (Lipinski definition) is 2. The summed E-state index contributed by atoms with van der Waals surface area (Å²) >= 11 is 0. The first-order valence-electron chi connectivity index (χ1n) is 7.38. The minimum absolute atomic E-state index is 0.0223. The monoisotopic (exact) mass is 276 g/mol. The first kappa shape index (κ1) is 15.0. The van der Waals surface area contributed by atoms with Gasteiger partial charge in [0, 0.05) is 19.0 Å². The van der Waals surface area contributed by atoms with Crippen LogP contribution in [0.25, 0.3) is 0 Å². The van der Waals surface area contributed by atoms with Crippen LogP contribution < -0.4 is 5.32 Å². The fourth-order valence-corrected chi connectivity index (χ4v) is 2.64. The van der Waals surface area contributed by atoms with E-state index in [9.17, 15) is 4.79 Å². The molecule has 1 aromatic rings. The van der Waals surface area contributed by atoms with Gasteiger partial charge in [-0.2, -0.15) is 0 Å². The van der Waals surface area contributed by atoms with Crippen LogP contribution in [0.5, 0.6) is 0 Å². The molecule has 1 aromatic carbocycles. The zero-order valence-corrected chi connectivity index (χ0v) is 12.1. The smallest absolute Gasteiger partial charge is 0.224 e. The molecule has 0 saturated carbocycles. The van der Waals surface area contributed by atoms with E-state index in [-0.39, 0.29) is 18.4 Å². The van der Waals surface area contributed by atoms with Crippen LogP contribution in [0.4, 0.5) is 0 Å². The molecule has 0 radical (unpaired) electrons. The number of aliphatic hydroxyl groups excluding tert-OH is 1. The number of rotatable bonds is 6. The van der Waals surface area contributed by atoms with Gasteiger partial charge in [0.15, 0.2) is 0 Å². The second-order valence-corrected chi connectivity index (χ2v) is 5.60. The van der Waals surface area contributed by atoms with E-state index in [4.69, 9.17) is 5.11 Å². The molecule has 0 aliphatic carbocycles. The van der Waals surface area contributed by atoms with E-state index >= 15 is 0 Å². The van der Waals surface area contributed by atoms with E-state index in [0.717, 1.165) is 30.8 Å². The maximum atomic E-state index is 12.1. The molecule has 0 aromatic heterocycles. The van der Waals surface area contributed by atoms with E-state index < -0.39 is 0 Å². The predicted octanol–water partition coefficient (Wildman–Crippen LogP) is 1.53. The van der Waals surface area contributed by atoms with Gasteiger partial charge in [0.05, 0.1) is 6.61 Å². The molecule has 2 N–H and O–H groups in total. The average Bonchev–Trinajstić information content (AvgIpc) is 2.97. The highest BCUT2D eigenvalue weighted by Crippen LogP contribution is 2.11. The summed E-state index contributed by atoms with van der Waals surface area (Å²) in [7, 11) is 0. The number of carbonyl (C=O) groups is 1. The molecule has 2 rings (SSSR count). The number of aliphatic hydroxyl groups is 1. The Morgan fingerprint density at radius 2 is 2.05 bits per heavy atom. The first-order chi connectivity index (χ1) is 9.69. The van der Waals surface area contributed by atoms with Crippen LogP contribution in [-0.4, -0.2) is 35.5 Å². The van der Waals surface area contributed by atoms with E-state index in [2.05, 4.69) is 10.2 Å². The van der Waals surface area contributed by atoms with Gasteiger partial charge >= 0.3 is 0 Å². The molecule has 1 fully saturated rings. The topological polar surface area (TPSA) is 52.6 Å². The molecule has 20 heavy (non-hydrogen) atoms. The third-order valence-electron chi connectivity index (χ3n) is 3.82. The molecular formula is C16H24N2O2. The number of nitrogens with zero attached hydrogens (tertiary/aromatic N) is 1. The van der Waals surface area contributed by atoms with Gasteiger partial charge in [-0.1, -0.05) is 31.2 Å². The number of carbonyl (C=O) groups excluding carboxylic acids is 1. The van der Waals surface area contributed by atoms with E-state index in [1.807, 2.05) is 31.2 Å². The molecule has 4 heteroatoms. The van der Waals surface area contributed by atoms with Crippen molar-refractivity contribution in [3.8, 4) is 0 Å². The van der Waals surface area contributed by atoms with Gasteiger partial charge in [-0.15, -0.1) is 0 Å². The largest absolute Gasteiger partial charge is 0.392 e. The lowest BCUT2D eigenvalue weighted by Gasteiger charge is -2.19. The Hall–Kier alpha value is -1.39. The van der Waals surface area contributed by atoms with Crippen LogP contribution in [0.2, 0.25) is 0 Å². The molecule has 4 nitrogen and oxygen atoms in total. The summed E-state index contributed by atoms with van der Waals surface area (Å²) in [6.45, 7) is 5.64. The number of hydrogen-bond acceptors (Lipinski definition) is 3. The summed E-state index contributed by atoms with van der Waals surface area (Å²) in [5.74, 6) is 0.125. The third kappa shape index (κ3) is 4.32. The van der Waals surface area contributed by atoms with Crippen molar-refractivity contribution in [1.29, 1.82) is 0 Å². The lowest BCUT2D eigenvalue weighted by molar-refractivity contribution is -0.125. The molecule has 110 valence electrons. The SMILES string of the molecule is CC(CN1CCCC1)C(=O)NCc1cccc(CO)c1. The fraction of sp³-hybridized carbons (Fsp3) is 0.562. The van der Waals surface area contributed by atoms with Gasteiger partial charge in [0.1, 0.15) is 0 Å². The van der Waals surface area contributed by atoms with Gasteiger partial charge in [0.2, 0.25) is 5.91 Å². The lowest BCUT2D eigenvalue weighted by Crippen LogP contribution is -2.36. The van der Waals surface area contributed by atoms with Crippen molar-refractivity contribution >= 4 is 5.91 Å². The van der Waals surface area contributed by atoms with Gasteiger partial charge in [-0.25, -0.2) is 0 Å². The lowest BCUT2D eigenvalue weighted by atomic mass is 10.1. The van der Waals surface area contributed by atoms with Crippen molar-refractivity contribution < 1.29 is 9.90 Å². The normalized spacial score (nSPS) is 17.1. The van der Waals surface area contributed by atoms with Gasteiger partial charge in [-0.3, -0.25) is 4.79 Å². The zero-order chi connectivity index (χ0) is 14.4. The van der Waals surface area contributed by atoms with Gasteiger partial charge in [-0.05, 0) is 37.1 Å². The molecule has 1 amide bonds. The minimum Gasteiger partial charge on any atom is -0.392 e. The summed E-state index contributed by atoms with van der Waals surface area (Å²) in [5.41, 5.74) is 1.90. The van der Waals surface area contributed by atoms with E-state index in [1.165, 1.54) is 12.8 Å². The van der Waals surface area contributed by atoms with Crippen molar-refractivity contribution in [3.05, 3.63) is 35.4 Å². The maximum absolute atomic E-state index is 12.1. The van der Waals surface area contributed by atoms with Crippen molar-refractivity contribution in [2.45, 2.75) is 32.9 Å². The highest BCUT2D eigenvalue weighted by atomic mass is 16.3. The summed E-state index contributed by atoms with van der Waals surface area (Å²) < 4.78 is 0.